The number of esters is 1. The Balaban J connectivity index is -0.000000944. The van der Waals surface area contributed by atoms with Crippen molar-refractivity contribution in [3.05, 3.63) is 74.6 Å². The minimum absolute atomic E-state index is 0. The summed E-state index contributed by atoms with van der Waals surface area (Å²) in [6.45, 7) is 10.2. The molecule has 2 aromatic rings. The van der Waals surface area contributed by atoms with Gasteiger partial charge < -0.3 is 52.0 Å². The third-order valence-electron chi connectivity index (χ3n) is 8.40. The number of aromatic hydroxyl groups is 1. The van der Waals surface area contributed by atoms with E-state index in [-0.39, 0.29) is 72.3 Å². The van der Waals surface area contributed by atoms with Crippen LogP contribution in [0.2, 0.25) is 0 Å². The fraction of sp³-hybridized carbons (Fsp3) is 0.550. The molecule has 20 nitrogen and oxygen atoms in total. The molecule has 0 aliphatic carbocycles. The van der Waals surface area contributed by atoms with Crippen LogP contribution in [0.4, 0.5) is 0 Å². The summed E-state index contributed by atoms with van der Waals surface area (Å²) in [6, 6.07) is 12.0. The van der Waals surface area contributed by atoms with Crippen molar-refractivity contribution in [2.24, 2.45) is 34.2 Å². The van der Waals surface area contributed by atoms with Gasteiger partial charge in [0.1, 0.15) is 18.0 Å². The molecule has 0 heterocycles. The Morgan fingerprint density at radius 2 is 1.11 bits per heavy atom. The first-order valence-corrected chi connectivity index (χ1v) is 19.8. The standard InChI is InChI=1S/C20H28BrNO5.C19H27NO6.CH4O.H2N5O.Na/c1-12(2)9-15(20(26)27-4)11-18(24)19(25)17(22-13(3)23)10-14-5-7-16(21)8-6-14;1-11(2)8-14(19(25)26)10-17(23)18(24)16(20-12(3)21)9-13-4-6-15(22)7-5-13;1-2;1-2-3-4-5-6;/h5-8,12,15,17,19,25H,9-11H2,1-4H3,(H,22,23);4-7,11,14,16,18,22,24H,8-10H2,1-3H3,(H,20,21)(H,25,26);2H,1H3;(H2-,1,2,3,4,5,6);/q;;;-1;+1/t15-,17-,19+;14-,16-,18+;;;/m11.../s1. The van der Waals surface area contributed by atoms with Crippen LogP contribution >= 0.6 is 15.9 Å². The molecular weight excluding hydrogens is 889 g/mol. The van der Waals surface area contributed by atoms with Crippen LogP contribution in [0, 0.1) is 28.6 Å². The third kappa shape index (κ3) is 28.3. The van der Waals surface area contributed by atoms with Crippen molar-refractivity contribution in [2.75, 3.05) is 14.2 Å². The predicted molar refractivity (Wildman–Crippen MR) is 228 cm³/mol. The fourth-order valence-electron chi connectivity index (χ4n) is 5.82. The average Bonchev–Trinajstić information content (AvgIpc) is 3.20. The molecule has 2 rings (SSSR count). The van der Waals surface area contributed by atoms with Crippen LogP contribution in [-0.2, 0) is 46.3 Å². The Hall–Kier alpha value is -4.38. The number of phenolic OH excluding ortho intramolecular Hbond substituents is 1. The van der Waals surface area contributed by atoms with E-state index in [4.69, 9.17) is 20.3 Å². The number of Topliss-reactive ketones (excluding diaryl/α,β-unsaturated/α-hetero) is 2. The van der Waals surface area contributed by atoms with Crippen LogP contribution in [0.5, 0.6) is 5.75 Å². The van der Waals surface area contributed by atoms with E-state index in [0.29, 0.717) is 24.8 Å². The van der Waals surface area contributed by atoms with Gasteiger partial charge >= 0.3 is 41.5 Å². The zero-order chi connectivity index (χ0) is 47.2. The third-order valence-corrected chi connectivity index (χ3v) is 8.93. The maximum Gasteiger partial charge on any atom is 1.00 e. The molecule has 0 spiro atoms. The first-order chi connectivity index (χ1) is 28.6. The van der Waals surface area contributed by atoms with Crippen molar-refractivity contribution in [3.63, 3.8) is 0 Å². The van der Waals surface area contributed by atoms with E-state index in [1.165, 1.54) is 33.1 Å². The molecule has 0 aromatic heterocycles. The summed E-state index contributed by atoms with van der Waals surface area (Å²) < 4.78 is 5.69. The number of benzene rings is 2. The number of aliphatic hydroxyl groups is 3. The number of hydrogen-bond acceptors (Lipinski definition) is 14. The summed E-state index contributed by atoms with van der Waals surface area (Å²) in [5, 5.41) is 56.1. The molecule has 22 heteroatoms. The predicted octanol–water partition coefficient (Wildman–Crippen LogP) is 0.469. The zero-order valence-corrected chi connectivity index (χ0v) is 40.3. The Bertz CT molecular complexity index is 1650. The Morgan fingerprint density at radius 1 is 0.726 bits per heavy atom. The fourth-order valence-corrected chi connectivity index (χ4v) is 6.09. The molecule has 2 amide bonds. The normalized spacial score (nSPS) is 13.0. The van der Waals surface area contributed by atoms with Crippen molar-refractivity contribution in [1.82, 2.24) is 21.7 Å². The smallest absolute Gasteiger partial charge is 0.508 e. The van der Waals surface area contributed by atoms with E-state index < -0.39 is 65.5 Å². The molecule has 0 aliphatic heterocycles. The summed E-state index contributed by atoms with van der Waals surface area (Å²) >= 11 is 3.35. The molecule has 0 aliphatic rings. The second kappa shape index (κ2) is 35.1. The van der Waals surface area contributed by atoms with E-state index >= 15 is 0 Å². The van der Waals surface area contributed by atoms with Crippen LogP contribution in [0.25, 0.3) is 5.53 Å². The molecule has 0 fully saturated rings. The van der Waals surface area contributed by atoms with Gasteiger partial charge in [0, 0.05) is 38.3 Å². The number of aliphatic carboxylic acids is 1. The molecule has 0 saturated heterocycles. The van der Waals surface area contributed by atoms with E-state index in [0.717, 1.165) is 17.1 Å². The molecule has 0 saturated carbocycles. The van der Waals surface area contributed by atoms with Gasteiger partial charge in [0.15, 0.2) is 11.6 Å². The Morgan fingerprint density at radius 3 is 1.44 bits per heavy atom. The van der Waals surface area contributed by atoms with Crippen LogP contribution in [0.15, 0.2) is 63.5 Å². The topological polar surface area (TPSA) is 325 Å². The number of nitrogens with one attached hydrogen (secondary N) is 4. The van der Waals surface area contributed by atoms with Crippen LogP contribution in [-0.4, -0.2) is 99.4 Å². The number of ether oxygens (including phenoxy) is 1. The molecule has 62 heavy (non-hydrogen) atoms. The molecular formula is C40H61BrN7NaO13. The van der Waals surface area contributed by atoms with Gasteiger partial charge in [-0.1, -0.05) is 67.9 Å². The van der Waals surface area contributed by atoms with Gasteiger partial charge in [0.2, 0.25) is 11.8 Å². The van der Waals surface area contributed by atoms with Crippen molar-refractivity contribution >= 4 is 51.2 Å². The number of methoxy groups -OCH3 is 1. The number of carboxylic acid groups (broad SMARTS) is 1. The van der Waals surface area contributed by atoms with E-state index in [9.17, 15) is 49.2 Å². The largest absolute Gasteiger partial charge is 1.00 e. The molecule has 9 N–H and O–H groups in total. The maximum atomic E-state index is 12.6. The first-order valence-electron chi connectivity index (χ1n) is 19.0. The van der Waals surface area contributed by atoms with Gasteiger partial charge in [-0.3, -0.25) is 34.0 Å². The summed E-state index contributed by atoms with van der Waals surface area (Å²) in [5.74, 6) is -4.48. The van der Waals surface area contributed by atoms with E-state index in [1.807, 2.05) is 52.0 Å². The van der Waals surface area contributed by atoms with E-state index in [2.05, 4.69) is 37.1 Å². The number of phenols is 1. The maximum absolute atomic E-state index is 12.6. The number of carbonyl (C=O) groups is 6. The van der Waals surface area contributed by atoms with Crippen molar-refractivity contribution in [2.45, 2.75) is 104 Å². The SMILES string of the molecule is CC(=O)N[C@H](Cc1ccc(O)cc1)[C@H](O)C(=O)C[C@@H](CC(C)C)C(=O)O.CO.COC(=O)[C@@H](CC(=O)[C@@H](O)[C@@H](Cc1ccc(Br)cc1)NC(C)=O)CC(C)C.[N-]=NNNN=O.[Na+]. The monoisotopic (exact) mass is 949 g/mol. The number of hydrazine groups is 1. The van der Waals surface area contributed by atoms with Gasteiger partial charge in [-0.05, 0) is 72.9 Å². The van der Waals surface area contributed by atoms with Gasteiger partial charge in [-0.15, -0.1) is 4.91 Å². The van der Waals surface area contributed by atoms with Crippen LogP contribution in [0.1, 0.15) is 78.4 Å². The number of carboxylic acids is 1. The summed E-state index contributed by atoms with van der Waals surface area (Å²) in [4.78, 5) is 80.2. The Kier molecular flexibility index (Phi) is 35.1. The number of hydrogen-bond donors (Lipinski definition) is 9. The number of amides is 2. The van der Waals surface area contributed by atoms with Crippen molar-refractivity contribution in [3.8, 4) is 5.75 Å². The summed E-state index contributed by atoms with van der Waals surface area (Å²) in [7, 11) is 2.28. The van der Waals surface area contributed by atoms with Gasteiger partial charge in [0.05, 0.1) is 36.3 Å². The molecule has 0 bridgehead atoms. The van der Waals surface area contributed by atoms with Crippen LogP contribution in [0.3, 0.4) is 0 Å². The molecule has 6 atom stereocenters. The number of carbonyl (C=O) groups excluding carboxylic acids is 5. The van der Waals surface area contributed by atoms with Gasteiger partial charge in [0.25, 0.3) is 0 Å². The zero-order valence-electron chi connectivity index (χ0n) is 36.7. The number of ketones is 2. The van der Waals surface area contributed by atoms with Crippen LogP contribution < -0.4 is 51.3 Å². The van der Waals surface area contributed by atoms with Gasteiger partial charge in [-0.2, -0.15) is 0 Å². The van der Waals surface area contributed by atoms with Crippen molar-refractivity contribution < 1.29 is 88.6 Å². The molecule has 0 radical (unpaired) electrons. The number of halogens is 1. The quantitative estimate of drug-likeness (QED) is 0.0183. The number of aliphatic hydroxyl groups excluding tert-OH is 3. The number of nitroso groups, excluding NO2 is 1. The second-order valence-corrected chi connectivity index (χ2v) is 15.4. The minimum Gasteiger partial charge on any atom is -0.508 e. The van der Waals surface area contributed by atoms with Crippen molar-refractivity contribution in [1.29, 1.82) is 0 Å². The average molecular weight is 951 g/mol. The minimum atomic E-state index is -1.51. The summed E-state index contributed by atoms with van der Waals surface area (Å²) in [6.07, 6.45) is -2.04. The first kappa shape index (κ1) is 61.9. The summed E-state index contributed by atoms with van der Waals surface area (Å²) in [5.41, 5.74) is 12.3. The Labute approximate surface area is 392 Å². The van der Waals surface area contributed by atoms with Gasteiger partial charge in [-0.25, -0.2) is 5.53 Å². The second-order valence-electron chi connectivity index (χ2n) is 14.5. The molecule has 342 valence electrons. The molecule has 0 unspecified atom stereocenters. The number of nitrogens with zero attached hydrogens (tertiary/aromatic N) is 3. The van der Waals surface area contributed by atoms with E-state index in [1.54, 1.807) is 23.2 Å². The molecule has 2 aromatic carbocycles. The number of rotatable bonds is 23.